The number of anilines is 1. The van der Waals surface area contributed by atoms with Crippen molar-refractivity contribution in [3.05, 3.63) is 59.9 Å². The highest BCUT2D eigenvalue weighted by Gasteiger charge is 2.25. The predicted octanol–water partition coefficient (Wildman–Crippen LogP) is 4.36. The van der Waals surface area contributed by atoms with Crippen molar-refractivity contribution >= 4 is 29.3 Å². The van der Waals surface area contributed by atoms with Gasteiger partial charge in [0, 0.05) is 12.6 Å². The van der Waals surface area contributed by atoms with Gasteiger partial charge >= 0.3 is 0 Å². The second kappa shape index (κ2) is 10.2. The molecule has 1 saturated carbocycles. The minimum Gasteiger partial charge on any atom is -0.349 e. The van der Waals surface area contributed by atoms with Gasteiger partial charge in [0.2, 0.25) is 5.91 Å². The third-order valence-electron chi connectivity index (χ3n) is 5.07. The molecule has 1 aliphatic rings. The van der Waals surface area contributed by atoms with Crippen LogP contribution in [0.25, 0.3) is 11.4 Å². The highest BCUT2D eigenvalue weighted by Crippen LogP contribution is 2.27. The van der Waals surface area contributed by atoms with E-state index in [1.165, 1.54) is 17.8 Å². The van der Waals surface area contributed by atoms with E-state index in [0.717, 1.165) is 12.8 Å². The van der Waals surface area contributed by atoms with Crippen LogP contribution in [0.5, 0.6) is 0 Å². The van der Waals surface area contributed by atoms with Gasteiger partial charge in [-0.1, -0.05) is 49.9 Å². The zero-order valence-electron chi connectivity index (χ0n) is 18.5. The van der Waals surface area contributed by atoms with Gasteiger partial charge in [-0.2, -0.15) is 0 Å². The lowest BCUT2D eigenvalue weighted by Gasteiger charge is -2.13. The monoisotopic (exact) mass is 467 g/mol. The zero-order valence-corrected chi connectivity index (χ0v) is 19.4. The van der Waals surface area contributed by atoms with E-state index < -0.39 is 0 Å². The maximum absolute atomic E-state index is 14.4. The molecule has 2 aromatic carbocycles. The maximum atomic E-state index is 14.4. The van der Waals surface area contributed by atoms with Crippen molar-refractivity contribution < 1.29 is 14.0 Å². The molecule has 4 rings (SSSR count). The Hall–Kier alpha value is -3.20. The van der Waals surface area contributed by atoms with Gasteiger partial charge in [0.15, 0.2) is 11.0 Å². The number of benzene rings is 2. The van der Waals surface area contributed by atoms with Crippen LogP contribution in [0.3, 0.4) is 0 Å². The van der Waals surface area contributed by atoms with Crippen molar-refractivity contribution in [2.75, 3.05) is 11.1 Å². The van der Waals surface area contributed by atoms with Gasteiger partial charge in [0.25, 0.3) is 5.91 Å². The van der Waals surface area contributed by atoms with E-state index in [4.69, 9.17) is 0 Å². The Morgan fingerprint density at radius 2 is 1.85 bits per heavy atom. The van der Waals surface area contributed by atoms with Crippen LogP contribution >= 0.6 is 11.8 Å². The van der Waals surface area contributed by atoms with Gasteiger partial charge in [0.1, 0.15) is 5.82 Å². The largest absolute Gasteiger partial charge is 0.349 e. The van der Waals surface area contributed by atoms with Crippen molar-refractivity contribution in [1.29, 1.82) is 0 Å². The summed E-state index contributed by atoms with van der Waals surface area (Å²) >= 11 is 1.23. The summed E-state index contributed by atoms with van der Waals surface area (Å²) in [6.45, 7) is 4.69. The van der Waals surface area contributed by atoms with Gasteiger partial charge in [-0.05, 0) is 43.0 Å². The lowest BCUT2D eigenvalue weighted by Crippen LogP contribution is -2.27. The first-order valence-corrected chi connectivity index (χ1v) is 11.9. The molecule has 0 aliphatic heterocycles. The topological polar surface area (TPSA) is 88.9 Å². The Labute approximate surface area is 196 Å². The lowest BCUT2D eigenvalue weighted by molar-refractivity contribution is -0.113. The minimum absolute atomic E-state index is 0.0755. The van der Waals surface area contributed by atoms with E-state index in [1.54, 1.807) is 42.5 Å². The molecule has 1 heterocycles. The molecular formula is C24H26FN5O2S. The molecule has 1 aliphatic carbocycles. The molecule has 2 amide bonds. The summed E-state index contributed by atoms with van der Waals surface area (Å²) in [4.78, 5) is 25.1. The first-order chi connectivity index (χ1) is 15.9. The van der Waals surface area contributed by atoms with E-state index >= 15 is 0 Å². The van der Waals surface area contributed by atoms with Gasteiger partial charge in [-0.15, -0.1) is 10.2 Å². The van der Waals surface area contributed by atoms with E-state index in [2.05, 4.69) is 34.7 Å². The number of halogens is 1. The molecule has 0 unspecified atom stereocenters. The van der Waals surface area contributed by atoms with Crippen LogP contribution in [0.2, 0.25) is 0 Å². The second-order valence-corrected chi connectivity index (χ2v) is 9.36. The highest BCUT2D eigenvalue weighted by atomic mass is 32.2. The van der Waals surface area contributed by atoms with Crippen LogP contribution in [0.1, 0.15) is 37.0 Å². The van der Waals surface area contributed by atoms with Crippen molar-refractivity contribution in [2.24, 2.45) is 5.92 Å². The van der Waals surface area contributed by atoms with E-state index in [1.807, 2.05) is 4.57 Å². The third kappa shape index (κ3) is 5.78. The normalized spacial score (nSPS) is 13.2. The summed E-state index contributed by atoms with van der Waals surface area (Å²) < 4.78 is 16.2. The standard InChI is InChI=1S/C24H26FN5O2S/c1-15(2)13-30-22(17-7-3-5-9-19(17)25)28-29-24(30)33-14-21(31)27-20-10-6-4-8-18(20)23(32)26-16-11-12-16/h3-10,15-16H,11-14H2,1-2H3,(H,26,32)(H,27,31). The van der Waals surface area contributed by atoms with Crippen LogP contribution in [0, 0.1) is 11.7 Å². The summed E-state index contributed by atoms with van der Waals surface area (Å²) in [5.41, 5.74) is 1.28. The number of carbonyl (C=O) groups excluding carboxylic acids is 2. The van der Waals surface area contributed by atoms with Gasteiger partial charge in [0.05, 0.1) is 22.6 Å². The third-order valence-corrected chi connectivity index (χ3v) is 6.04. The van der Waals surface area contributed by atoms with E-state index in [-0.39, 0.29) is 35.3 Å². The van der Waals surface area contributed by atoms with Crippen LogP contribution in [0.15, 0.2) is 53.7 Å². The molecule has 2 N–H and O–H groups in total. The molecule has 3 aromatic rings. The first kappa shape index (κ1) is 23.0. The number of hydrogen-bond acceptors (Lipinski definition) is 5. The summed E-state index contributed by atoms with van der Waals surface area (Å²) in [6, 6.07) is 13.6. The molecular weight excluding hydrogens is 441 g/mol. The van der Waals surface area contributed by atoms with Crippen molar-refractivity contribution in [3.63, 3.8) is 0 Å². The maximum Gasteiger partial charge on any atom is 0.253 e. The van der Waals surface area contributed by atoms with Crippen molar-refractivity contribution in [3.8, 4) is 11.4 Å². The first-order valence-electron chi connectivity index (χ1n) is 10.9. The molecule has 0 atom stereocenters. The Balaban J connectivity index is 1.47. The number of hydrogen-bond donors (Lipinski definition) is 2. The van der Waals surface area contributed by atoms with Gasteiger partial charge in [-0.3, -0.25) is 9.59 Å². The molecule has 33 heavy (non-hydrogen) atoms. The van der Waals surface area contributed by atoms with Gasteiger partial charge in [-0.25, -0.2) is 4.39 Å². The molecule has 0 bridgehead atoms. The fraction of sp³-hybridized carbons (Fsp3) is 0.333. The van der Waals surface area contributed by atoms with Crippen molar-refractivity contribution in [1.82, 2.24) is 20.1 Å². The fourth-order valence-corrected chi connectivity index (χ4v) is 4.11. The number of rotatable bonds is 9. The Morgan fingerprint density at radius 1 is 1.12 bits per heavy atom. The highest BCUT2D eigenvalue weighted by molar-refractivity contribution is 7.99. The number of nitrogens with zero attached hydrogens (tertiary/aromatic N) is 3. The molecule has 0 radical (unpaired) electrons. The van der Waals surface area contributed by atoms with E-state index in [0.29, 0.717) is 34.3 Å². The fourth-order valence-electron chi connectivity index (χ4n) is 3.36. The number of amides is 2. The number of aromatic nitrogens is 3. The molecule has 1 fully saturated rings. The molecule has 0 saturated heterocycles. The summed E-state index contributed by atoms with van der Waals surface area (Å²) in [7, 11) is 0. The number of thioether (sulfide) groups is 1. The van der Waals surface area contributed by atoms with Crippen LogP contribution < -0.4 is 10.6 Å². The number of nitrogens with one attached hydrogen (secondary N) is 2. The average molecular weight is 468 g/mol. The SMILES string of the molecule is CC(C)Cn1c(SCC(=O)Nc2ccccc2C(=O)NC2CC2)nnc1-c1ccccc1F. The summed E-state index contributed by atoms with van der Waals surface area (Å²) in [5, 5.41) is 14.7. The predicted molar refractivity (Wildman–Crippen MR) is 127 cm³/mol. The molecule has 0 spiro atoms. The Kier molecular flexibility index (Phi) is 7.08. The average Bonchev–Trinajstić information content (AvgIpc) is 3.52. The number of para-hydroxylation sites is 1. The van der Waals surface area contributed by atoms with E-state index in [9.17, 15) is 14.0 Å². The van der Waals surface area contributed by atoms with Crippen LogP contribution in [0.4, 0.5) is 10.1 Å². The summed E-state index contributed by atoms with van der Waals surface area (Å²) in [6.07, 6.45) is 1.98. The Morgan fingerprint density at radius 3 is 2.58 bits per heavy atom. The molecule has 9 heteroatoms. The number of carbonyl (C=O) groups is 2. The molecule has 1 aromatic heterocycles. The minimum atomic E-state index is -0.370. The quantitative estimate of drug-likeness (QED) is 0.457. The Bertz CT molecular complexity index is 1160. The molecule has 7 nitrogen and oxygen atoms in total. The zero-order chi connectivity index (χ0) is 23.4. The molecule has 172 valence electrons. The van der Waals surface area contributed by atoms with Gasteiger partial charge < -0.3 is 15.2 Å². The smallest absolute Gasteiger partial charge is 0.253 e. The second-order valence-electron chi connectivity index (χ2n) is 8.42. The van der Waals surface area contributed by atoms with Crippen LogP contribution in [-0.4, -0.2) is 38.4 Å². The lowest BCUT2D eigenvalue weighted by atomic mass is 10.1. The van der Waals surface area contributed by atoms with Crippen LogP contribution in [-0.2, 0) is 11.3 Å². The summed E-state index contributed by atoms with van der Waals surface area (Å²) in [5.74, 6) is -0.0365. The van der Waals surface area contributed by atoms with Crippen molar-refractivity contribution in [2.45, 2.75) is 44.4 Å².